The van der Waals surface area contributed by atoms with E-state index in [1.54, 1.807) is 9.29 Å². The Morgan fingerprint density at radius 3 is 2.68 bits per heavy atom. The van der Waals surface area contributed by atoms with Gasteiger partial charge in [0, 0.05) is 40.5 Å². The van der Waals surface area contributed by atoms with Gasteiger partial charge in [0.15, 0.2) is 0 Å². The average molecular weight is 463 g/mol. The molecule has 1 aromatic heterocycles. The van der Waals surface area contributed by atoms with Crippen LogP contribution in [0.5, 0.6) is 5.75 Å². The van der Waals surface area contributed by atoms with Crippen LogP contribution in [0.4, 0.5) is 4.32 Å². The van der Waals surface area contributed by atoms with Crippen LogP contribution in [0.25, 0.3) is 27.8 Å². The zero-order chi connectivity index (χ0) is 24.5. The lowest BCUT2D eigenvalue weighted by Gasteiger charge is -2.40. The number of nitrogens with zero attached hydrogens (tertiary/aromatic N) is 5. The van der Waals surface area contributed by atoms with Gasteiger partial charge in [0.05, 0.1) is 6.61 Å². The first-order valence-electron chi connectivity index (χ1n) is 11.3. The molecule has 2 aromatic rings. The first-order valence-corrected chi connectivity index (χ1v) is 11.3. The molecule has 34 heavy (non-hydrogen) atoms. The van der Waals surface area contributed by atoms with Gasteiger partial charge in [0.25, 0.3) is 0 Å². The van der Waals surface area contributed by atoms with Gasteiger partial charge in [-0.25, -0.2) is 0 Å². The largest absolute Gasteiger partial charge is 0.593 e. The molecule has 2 aliphatic heterocycles. The molecule has 0 spiro atoms. The number of ether oxygens (including phenoxy) is 1. The molecule has 4 rings (SSSR count). The maximum atomic E-state index is 16.1. The normalized spacial score (nSPS) is 16.1. The maximum absolute atomic E-state index is 16.1. The molecule has 0 radical (unpaired) electrons. The second-order valence-corrected chi connectivity index (χ2v) is 8.96. The van der Waals surface area contributed by atoms with Crippen LogP contribution in [0.1, 0.15) is 45.7 Å². The summed E-state index contributed by atoms with van der Waals surface area (Å²) in [5.74, 6) is -0.166. The Hall–Kier alpha value is -3.65. The minimum atomic E-state index is -1.43. The Morgan fingerprint density at radius 2 is 2.00 bits per heavy atom. The minimum Gasteiger partial charge on any atom is -0.494 e. The van der Waals surface area contributed by atoms with Gasteiger partial charge >= 0.3 is 13.2 Å². The summed E-state index contributed by atoms with van der Waals surface area (Å²) in [4.78, 5) is 15.6. The first-order chi connectivity index (χ1) is 16.3. The van der Waals surface area contributed by atoms with Crippen LogP contribution in [-0.2, 0) is 4.79 Å². The minimum absolute atomic E-state index is 0.0195. The first kappa shape index (κ1) is 23.5. The highest BCUT2D eigenvalue weighted by Crippen LogP contribution is 2.47. The number of hydrogen-bond donors (Lipinski definition) is 1. The Morgan fingerprint density at radius 1 is 1.26 bits per heavy atom. The van der Waals surface area contributed by atoms with Crippen molar-refractivity contribution in [3.8, 4) is 17.0 Å². The maximum Gasteiger partial charge on any atom is 0.593 e. The van der Waals surface area contributed by atoms with Crippen molar-refractivity contribution in [1.82, 2.24) is 9.29 Å². The van der Waals surface area contributed by atoms with E-state index < -0.39 is 18.8 Å². The molecule has 0 amide bonds. The molecule has 0 aliphatic carbocycles. The van der Waals surface area contributed by atoms with E-state index in [1.807, 2.05) is 63.2 Å². The predicted octanol–water partition coefficient (Wildman–Crippen LogP) is 5.67. The molecular weight excluding hydrogens is 436 g/mol. The van der Waals surface area contributed by atoms with Crippen LogP contribution in [0, 0.1) is 0 Å². The van der Waals surface area contributed by atoms with E-state index in [0.29, 0.717) is 31.7 Å². The van der Waals surface area contributed by atoms with E-state index in [9.17, 15) is 4.79 Å². The Kier molecular flexibility index (Phi) is 6.44. The third-order valence-corrected chi connectivity index (χ3v) is 6.57. The SMILES string of the molecule is CC1=C(CCC(=O)O)C(C)(C)N2B(F)n3c(ccc3-c3ccc(OCCCN=[N+]=[N-])cc3)C=C12. The number of carboxylic acids is 1. The Balaban J connectivity index is 1.59. The fourth-order valence-electron chi connectivity index (χ4n) is 4.93. The number of rotatable bonds is 9. The van der Waals surface area contributed by atoms with E-state index in [0.717, 1.165) is 33.8 Å². The van der Waals surface area contributed by atoms with Crippen LogP contribution in [-0.4, -0.2) is 46.3 Å². The number of fused-ring (bicyclic) bond motifs is 2. The van der Waals surface area contributed by atoms with Crippen LogP contribution < -0.4 is 4.74 Å². The number of carbonyl (C=O) groups is 1. The summed E-state index contributed by atoms with van der Waals surface area (Å²) in [7, 11) is -1.43. The molecule has 0 saturated carbocycles. The molecule has 1 aromatic carbocycles. The summed E-state index contributed by atoms with van der Waals surface area (Å²) >= 11 is 0. The van der Waals surface area contributed by atoms with Crippen molar-refractivity contribution in [3.63, 3.8) is 0 Å². The zero-order valence-electron chi connectivity index (χ0n) is 19.5. The molecule has 2 aliphatic rings. The van der Waals surface area contributed by atoms with Gasteiger partial charge in [-0.3, -0.25) is 9.11 Å². The lowest BCUT2D eigenvalue weighted by molar-refractivity contribution is -0.136. The molecule has 0 atom stereocenters. The topological polar surface area (TPSA) is 103 Å². The number of halogens is 1. The number of allylic oxidation sites excluding steroid dienone is 1. The highest BCUT2D eigenvalue weighted by molar-refractivity contribution is 6.49. The number of carboxylic acid groups (broad SMARTS) is 1. The van der Waals surface area contributed by atoms with E-state index >= 15 is 4.32 Å². The molecule has 176 valence electrons. The van der Waals surface area contributed by atoms with Crippen LogP contribution >= 0.6 is 0 Å². The van der Waals surface area contributed by atoms with Crippen molar-refractivity contribution in [2.24, 2.45) is 5.11 Å². The Bertz CT molecular complexity index is 1210. The van der Waals surface area contributed by atoms with E-state index in [4.69, 9.17) is 15.4 Å². The van der Waals surface area contributed by atoms with Crippen molar-refractivity contribution in [2.45, 2.75) is 45.6 Å². The van der Waals surface area contributed by atoms with Gasteiger partial charge in [0.2, 0.25) is 0 Å². The highest BCUT2D eigenvalue weighted by Gasteiger charge is 2.50. The van der Waals surface area contributed by atoms with Gasteiger partial charge in [-0.1, -0.05) is 5.11 Å². The molecule has 0 unspecified atom stereocenters. The number of aromatic nitrogens is 1. The molecule has 0 saturated heterocycles. The molecule has 0 fully saturated rings. The summed E-state index contributed by atoms with van der Waals surface area (Å²) in [6, 6.07) is 11.3. The summed E-state index contributed by atoms with van der Waals surface area (Å²) in [6.45, 7) is 6.67. The van der Waals surface area contributed by atoms with Crippen molar-refractivity contribution in [1.29, 1.82) is 0 Å². The van der Waals surface area contributed by atoms with Crippen molar-refractivity contribution < 1.29 is 19.0 Å². The lowest BCUT2D eigenvalue weighted by Crippen LogP contribution is -2.52. The number of aliphatic carboxylic acids is 1. The average Bonchev–Trinajstić information content (AvgIpc) is 3.30. The quantitative estimate of drug-likeness (QED) is 0.170. The summed E-state index contributed by atoms with van der Waals surface area (Å²) in [5, 5.41) is 12.6. The van der Waals surface area contributed by atoms with Crippen molar-refractivity contribution >= 4 is 19.3 Å². The molecule has 0 bridgehead atoms. The van der Waals surface area contributed by atoms with Gasteiger partial charge in [0.1, 0.15) is 5.75 Å². The number of hydrogen-bond acceptors (Lipinski definition) is 4. The molecule has 3 heterocycles. The monoisotopic (exact) mass is 463 g/mol. The van der Waals surface area contributed by atoms with Crippen LogP contribution in [0.2, 0.25) is 0 Å². The van der Waals surface area contributed by atoms with Crippen molar-refractivity contribution in [3.05, 3.63) is 69.4 Å². The number of azide groups is 1. The second-order valence-electron chi connectivity index (χ2n) is 8.96. The summed E-state index contributed by atoms with van der Waals surface area (Å²) < 4.78 is 23.5. The fraction of sp³-hybridized carbons (Fsp3) is 0.375. The highest BCUT2D eigenvalue weighted by atomic mass is 19.1. The molecule has 8 nitrogen and oxygen atoms in total. The summed E-state index contributed by atoms with van der Waals surface area (Å²) in [6.07, 6.45) is 3.02. The molecular formula is C24H27BFN5O3. The molecule has 10 heteroatoms. The Labute approximate surface area is 198 Å². The van der Waals surface area contributed by atoms with Gasteiger partial charge in [-0.15, -0.1) is 0 Å². The van der Waals surface area contributed by atoms with Crippen LogP contribution in [0.3, 0.4) is 0 Å². The van der Waals surface area contributed by atoms with E-state index in [2.05, 4.69) is 10.0 Å². The third kappa shape index (κ3) is 4.17. The molecule has 1 N–H and O–H groups in total. The van der Waals surface area contributed by atoms with Gasteiger partial charge in [-0.2, -0.15) is 0 Å². The second kappa shape index (κ2) is 9.31. The third-order valence-electron chi connectivity index (χ3n) is 6.57. The van der Waals surface area contributed by atoms with E-state index in [1.165, 1.54) is 0 Å². The van der Waals surface area contributed by atoms with Gasteiger partial charge < -0.3 is 19.1 Å². The smallest absolute Gasteiger partial charge is 0.494 e. The predicted molar refractivity (Wildman–Crippen MR) is 130 cm³/mol. The van der Waals surface area contributed by atoms with Crippen LogP contribution in [0.15, 0.2) is 58.4 Å². The standard InChI is InChI=1S/C24H27BFN5O3/c1-16-20(10-12-23(32)33)24(2,3)31-22(16)15-18-7-11-21(30(18)25(31)26)17-5-8-19(9-6-17)34-14-4-13-28-29-27/h5-9,11,15H,4,10,12-14H2,1-3H3,(H,32,33). The summed E-state index contributed by atoms with van der Waals surface area (Å²) in [5.41, 5.74) is 12.8. The lowest BCUT2D eigenvalue weighted by atomic mass is 9.84. The fourth-order valence-corrected chi connectivity index (χ4v) is 4.93. The zero-order valence-corrected chi connectivity index (χ0v) is 19.5. The van der Waals surface area contributed by atoms with Crippen molar-refractivity contribution in [2.75, 3.05) is 13.2 Å². The van der Waals surface area contributed by atoms with Gasteiger partial charge in [-0.05, 0) is 98.3 Å². The number of benzene rings is 1. The van der Waals surface area contributed by atoms with E-state index in [-0.39, 0.29) is 6.42 Å².